The highest BCUT2D eigenvalue weighted by Gasteiger charge is 2.45. The second-order valence-corrected chi connectivity index (χ2v) is 11.5. The highest BCUT2D eigenvalue weighted by molar-refractivity contribution is 6.25. The molecule has 0 aromatic heterocycles. The number of nitro benzene ring substituents is 1. The van der Waals surface area contributed by atoms with Crippen LogP contribution >= 0.6 is 0 Å². The Bertz CT molecular complexity index is 1490. The summed E-state index contributed by atoms with van der Waals surface area (Å²) in [6.07, 6.45) is 0.158. The van der Waals surface area contributed by atoms with E-state index < -0.39 is 34.6 Å². The fraction of sp³-hybridized carbons (Fsp3) is 0.543. The number of anilines is 1. The van der Waals surface area contributed by atoms with Gasteiger partial charge in [-0.3, -0.25) is 39.5 Å². The van der Waals surface area contributed by atoms with Crippen molar-refractivity contribution in [3.8, 4) is 5.75 Å². The Morgan fingerprint density at radius 2 is 1.19 bits per heavy atom. The van der Waals surface area contributed by atoms with Crippen LogP contribution in [0, 0.1) is 10.1 Å². The molecule has 53 heavy (non-hydrogen) atoms. The number of rotatable bonds is 28. The Morgan fingerprint density at radius 3 is 1.70 bits per heavy atom. The molecular weight excluding hydrogens is 700 g/mol. The monoisotopic (exact) mass is 746 g/mol. The van der Waals surface area contributed by atoms with Gasteiger partial charge in [-0.15, -0.1) is 0 Å². The summed E-state index contributed by atoms with van der Waals surface area (Å²) in [6.45, 7) is 6.40. The van der Waals surface area contributed by atoms with Crippen LogP contribution in [0.3, 0.4) is 0 Å². The van der Waals surface area contributed by atoms with Crippen LogP contribution in [0.2, 0.25) is 0 Å². The molecule has 0 spiro atoms. The Balaban J connectivity index is 0.879. The fourth-order valence-corrected chi connectivity index (χ4v) is 5.22. The zero-order valence-electron chi connectivity index (χ0n) is 29.5. The van der Waals surface area contributed by atoms with E-state index in [0.29, 0.717) is 117 Å². The van der Waals surface area contributed by atoms with Crippen molar-refractivity contribution in [2.24, 2.45) is 0 Å². The molecule has 2 N–H and O–H groups in total. The van der Waals surface area contributed by atoms with Crippen LogP contribution in [0.5, 0.6) is 5.75 Å². The molecule has 0 radical (unpaired) electrons. The summed E-state index contributed by atoms with van der Waals surface area (Å²) >= 11 is 0. The lowest BCUT2D eigenvalue weighted by atomic mass is 10.0. The third-order valence-electron chi connectivity index (χ3n) is 7.81. The number of hydrogen-bond acceptors (Lipinski definition) is 15. The first kappa shape index (κ1) is 41.2. The van der Waals surface area contributed by atoms with Gasteiger partial charge in [0.05, 0.1) is 109 Å². The smallest absolute Gasteiger partial charge is 0.269 e. The maximum absolute atomic E-state index is 13.1. The summed E-state index contributed by atoms with van der Waals surface area (Å²) in [5.74, 6) is -1.65. The second-order valence-electron chi connectivity index (χ2n) is 11.5. The van der Waals surface area contributed by atoms with Gasteiger partial charge in [0.25, 0.3) is 17.5 Å². The van der Waals surface area contributed by atoms with Crippen molar-refractivity contribution in [1.29, 1.82) is 0 Å². The number of amides is 4. The van der Waals surface area contributed by atoms with Crippen LogP contribution in [0.15, 0.2) is 42.5 Å². The van der Waals surface area contributed by atoms with Crippen molar-refractivity contribution in [2.45, 2.75) is 18.9 Å². The van der Waals surface area contributed by atoms with E-state index >= 15 is 0 Å². The van der Waals surface area contributed by atoms with Gasteiger partial charge in [0.1, 0.15) is 18.4 Å². The van der Waals surface area contributed by atoms with Crippen LogP contribution in [-0.4, -0.2) is 145 Å². The van der Waals surface area contributed by atoms with Gasteiger partial charge in [-0.1, -0.05) is 6.07 Å². The predicted molar refractivity (Wildman–Crippen MR) is 186 cm³/mol. The number of non-ortho nitro benzene ring substituents is 1. The first-order valence-electron chi connectivity index (χ1n) is 17.4. The first-order valence-corrected chi connectivity index (χ1v) is 17.4. The van der Waals surface area contributed by atoms with E-state index in [1.54, 1.807) is 30.3 Å². The Hall–Kier alpha value is -4.56. The number of fused-ring (bicyclic) bond motifs is 1. The Morgan fingerprint density at radius 1 is 0.679 bits per heavy atom. The van der Waals surface area contributed by atoms with E-state index in [1.807, 2.05) is 0 Å². The number of carbonyl (C=O) groups excluding carboxylic acids is 4. The molecule has 1 atom stereocenters. The van der Waals surface area contributed by atoms with Crippen molar-refractivity contribution in [2.75, 3.05) is 111 Å². The number of ether oxygens (including phenoxy) is 8. The molecule has 4 amide bonds. The number of nitro groups is 1. The lowest BCUT2D eigenvalue weighted by molar-refractivity contribution is -0.384. The average molecular weight is 747 g/mol. The van der Waals surface area contributed by atoms with Gasteiger partial charge in [-0.05, 0) is 30.7 Å². The number of piperidine rings is 1. The zero-order chi connectivity index (χ0) is 37.7. The normalized spacial score (nSPS) is 15.5. The molecule has 2 heterocycles. The highest BCUT2D eigenvalue weighted by atomic mass is 16.6. The standard InChI is InChI=1S/C35H46N4O14/c40-31-9-8-30(33(41)37-31)38-34(42)28-2-1-3-29(32(28)35(38)43)36-10-11-46-12-13-47-14-15-48-16-17-49-18-19-50-20-21-51-22-23-52-24-25-53-27-6-4-26(5-7-27)39(44)45/h1-7,30,36H,8-25H2,(H,37,40,41). The summed E-state index contributed by atoms with van der Waals surface area (Å²) < 4.78 is 43.8. The Kier molecular flexibility index (Phi) is 18.0. The SMILES string of the molecule is O=C1CCC(N2C(=O)c3cccc(NCCOCCOCCOCCOCCOCCOCCOCCOc4ccc([N+](=O)[O-])cc4)c3C2=O)C(=O)N1. The van der Waals surface area contributed by atoms with Crippen LogP contribution in [0.1, 0.15) is 33.6 Å². The molecular formula is C35H46N4O14. The van der Waals surface area contributed by atoms with Crippen molar-refractivity contribution in [1.82, 2.24) is 10.2 Å². The average Bonchev–Trinajstić information content (AvgIpc) is 3.40. The van der Waals surface area contributed by atoms with Gasteiger partial charge < -0.3 is 43.2 Å². The molecule has 4 rings (SSSR count). The van der Waals surface area contributed by atoms with E-state index in [2.05, 4.69) is 10.6 Å². The molecule has 2 aromatic rings. The summed E-state index contributed by atoms with van der Waals surface area (Å²) in [4.78, 5) is 61.0. The van der Waals surface area contributed by atoms with Crippen molar-refractivity contribution in [3.63, 3.8) is 0 Å². The van der Waals surface area contributed by atoms with E-state index in [4.69, 9.17) is 37.9 Å². The number of nitrogens with zero attached hydrogens (tertiary/aromatic N) is 2. The molecule has 0 aliphatic carbocycles. The van der Waals surface area contributed by atoms with Crippen LogP contribution < -0.4 is 15.4 Å². The van der Waals surface area contributed by atoms with E-state index in [0.717, 1.165) is 4.90 Å². The van der Waals surface area contributed by atoms with Crippen molar-refractivity contribution in [3.05, 3.63) is 63.7 Å². The number of imide groups is 2. The minimum atomic E-state index is -1.02. The lowest BCUT2D eigenvalue weighted by Crippen LogP contribution is -2.54. The van der Waals surface area contributed by atoms with E-state index in [-0.39, 0.29) is 29.7 Å². The number of carbonyl (C=O) groups is 4. The molecule has 2 aliphatic rings. The Labute approximate surface area is 306 Å². The van der Waals surface area contributed by atoms with Gasteiger partial charge in [0, 0.05) is 30.8 Å². The maximum atomic E-state index is 13.1. The third-order valence-corrected chi connectivity index (χ3v) is 7.81. The largest absolute Gasteiger partial charge is 0.491 e. The minimum Gasteiger partial charge on any atom is -0.491 e. The highest BCUT2D eigenvalue weighted by Crippen LogP contribution is 2.32. The summed E-state index contributed by atoms with van der Waals surface area (Å²) in [5.41, 5.74) is 0.897. The zero-order valence-corrected chi connectivity index (χ0v) is 29.5. The van der Waals surface area contributed by atoms with E-state index in [1.165, 1.54) is 12.1 Å². The van der Waals surface area contributed by atoms with Gasteiger partial charge >= 0.3 is 0 Å². The summed E-state index contributed by atoms with van der Waals surface area (Å²) in [6, 6.07) is 9.74. The van der Waals surface area contributed by atoms with Gasteiger partial charge in [0.2, 0.25) is 11.8 Å². The molecule has 1 fully saturated rings. The molecule has 1 unspecified atom stereocenters. The maximum Gasteiger partial charge on any atom is 0.269 e. The molecule has 0 saturated carbocycles. The lowest BCUT2D eigenvalue weighted by Gasteiger charge is -2.27. The minimum absolute atomic E-state index is 0.0121. The topological polar surface area (TPSA) is 213 Å². The number of nitrogens with one attached hydrogen (secondary N) is 2. The molecule has 1 saturated heterocycles. The molecule has 0 bridgehead atoms. The molecule has 18 heteroatoms. The van der Waals surface area contributed by atoms with Gasteiger partial charge in [0.15, 0.2) is 0 Å². The molecule has 290 valence electrons. The first-order chi connectivity index (χ1) is 25.9. The van der Waals surface area contributed by atoms with Gasteiger partial charge in [-0.25, -0.2) is 0 Å². The fourth-order valence-electron chi connectivity index (χ4n) is 5.22. The van der Waals surface area contributed by atoms with Gasteiger partial charge in [-0.2, -0.15) is 0 Å². The summed E-state index contributed by atoms with van der Waals surface area (Å²) in [5, 5.41) is 16.0. The van der Waals surface area contributed by atoms with Crippen molar-refractivity contribution >= 4 is 35.0 Å². The molecule has 18 nitrogen and oxygen atoms in total. The third kappa shape index (κ3) is 13.7. The van der Waals surface area contributed by atoms with Crippen molar-refractivity contribution < 1.29 is 62.0 Å². The quantitative estimate of drug-likeness (QED) is 0.0548. The van der Waals surface area contributed by atoms with Crippen LogP contribution in [0.25, 0.3) is 0 Å². The van der Waals surface area contributed by atoms with Crippen LogP contribution in [0.4, 0.5) is 11.4 Å². The summed E-state index contributed by atoms with van der Waals surface area (Å²) in [7, 11) is 0. The second kappa shape index (κ2) is 23.2. The van der Waals surface area contributed by atoms with E-state index in [9.17, 15) is 29.3 Å². The predicted octanol–water partition coefficient (Wildman–Crippen LogP) is 1.60. The number of hydrogen-bond donors (Lipinski definition) is 2. The number of benzene rings is 2. The molecule has 2 aromatic carbocycles. The molecule has 2 aliphatic heterocycles. The van der Waals surface area contributed by atoms with Crippen LogP contribution in [-0.2, 0) is 42.7 Å².